The third-order valence-corrected chi connectivity index (χ3v) is 5.67. The summed E-state index contributed by atoms with van der Waals surface area (Å²) in [6.07, 6.45) is 8.15. The van der Waals surface area contributed by atoms with Gasteiger partial charge in [0.15, 0.2) is 0 Å². The average molecular weight is 376 g/mol. The van der Waals surface area contributed by atoms with Crippen molar-refractivity contribution in [2.24, 2.45) is 5.92 Å². The van der Waals surface area contributed by atoms with Gasteiger partial charge in [0.05, 0.1) is 5.56 Å². The number of ether oxygens (including phenoxy) is 1. The van der Waals surface area contributed by atoms with Gasteiger partial charge in [-0.15, -0.1) is 0 Å². The van der Waals surface area contributed by atoms with E-state index in [1.54, 1.807) is 12.1 Å². The van der Waals surface area contributed by atoms with E-state index in [1.165, 1.54) is 43.5 Å². The zero-order valence-electron chi connectivity index (χ0n) is 15.8. The summed E-state index contributed by atoms with van der Waals surface area (Å²) in [5.74, 6) is -0.295. The maximum atomic E-state index is 14.6. The molecule has 0 bridgehead atoms. The molecule has 0 heterocycles. The predicted octanol–water partition coefficient (Wildman–Crippen LogP) is 7.15. The highest BCUT2D eigenvalue weighted by Crippen LogP contribution is 2.39. The smallest absolute Gasteiger partial charge is 0.132 e. The fourth-order valence-corrected chi connectivity index (χ4v) is 4.01. The van der Waals surface area contributed by atoms with Crippen molar-refractivity contribution in [1.82, 2.24) is 0 Å². The first-order chi connectivity index (χ1) is 13.1. The van der Waals surface area contributed by atoms with Crippen LogP contribution in [0.15, 0.2) is 36.4 Å². The molecule has 0 amide bonds. The molecule has 2 aromatic rings. The molecule has 27 heavy (non-hydrogen) atoms. The summed E-state index contributed by atoms with van der Waals surface area (Å²) in [5, 5.41) is 0. The van der Waals surface area contributed by atoms with Crippen molar-refractivity contribution in [3.05, 3.63) is 65.0 Å². The molecular formula is C23H27F3O. The topological polar surface area (TPSA) is 9.23 Å². The Bertz CT molecular complexity index is 731. The Hall–Kier alpha value is -1.97. The first-order valence-electron chi connectivity index (χ1n) is 9.93. The zero-order chi connectivity index (χ0) is 19.2. The summed E-state index contributed by atoms with van der Waals surface area (Å²) in [4.78, 5) is 0. The Balaban J connectivity index is 1.59. The van der Waals surface area contributed by atoms with E-state index in [0.29, 0.717) is 0 Å². The molecule has 0 aromatic heterocycles. The third-order valence-electron chi connectivity index (χ3n) is 5.67. The van der Waals surface area contributed by atoms with Gasteiger partial charge in [0.1, 0.15) is 29.8 Å². The Kier molecular flexibility index (Phi) is 6.81. The molecule has 0 spiro atoms. The quantitative estimate of drug-likeness (QED) is 0.499. The van der Waals surface area contributed by atoms with E-state index in [-0.39, 0.29) is 29.7 Å². The van der Waals surface area contributed by atoms with E-state index in [4.69, 9.17) is 4.74 Å². The molecule has 1 nitrogen and oxygen atoms in total. The van der Waals surface area contributed by atoms with E-state index < -0.39 is 11.6 Å². The molecule has 2 aromatic carbocycles. The Morgan fingerprint density at radius 1 is 0.926 bits per heavy atom. The molecule has 146 valence electrons. The van der Waals surface area contributed by atoms with Gasteiger partial charge in [-0.25, -0.2) is 13.2 Å². The molecule has 1 fully saturated rings. The van der Waals surface area contributed by atoms with Gasteiger partial charge in [-0.1, -0.05) is 38.3 Å². The average Bonchev–Trinajstić information content (AvgIpc) is 2.67. The third kappa shape index (κ3) is 5.06. The lowest BCUT2D eigenvalue weighted by Crippen LogP contribution is -2.14. The number of hydrogen-bond donors (Lipinski definition) is 0. The SMILES string of the molecule is CCCCC1CCC(c2ccc(OCc3c(F)cccc3F)cc2F)CC1. The molecule has 1 saturated carbocycles. The number of halogens is 3. The van der Waals surface area contributed by atoms with Crippen LogP contribution < -0.4 is 4.74 Å². The Morgan fingerprint density at radius 3 is 2.26 bits per heavy atom. The highest BCUT2D eigenvalue weighted by atomic mass is 19.1. The van der Waals surface area contributed by atoms with Crippen LogP contribution in [-0.2, 0) is 6.61 Å². The molecule has 0 unspecified atom stereocenters. The van der Waals surface area contributed by atoms with Crippen LogP contribution in [-0.4, -0.2) is 0 Å². The van der Waals surface area contributed by atoms with Gasteiger partial charge < -0.3 is 4.74 Å². The van der Waals surface area contributed by atoms with Crippen molar-refractivity contribution in [3.63, 3.8) is 0 Å². The van der Waals surface area contributed by atoms with Crippen molar-refractivity contribution in [3.8, 4) is 5.75 Å². The lowest BCUT2D eigenvalue weighted by molar-refractivity contribution is 0.288. The van der Waals surface area contributed by atoms with Crippen LogP contribution in [0.5, 0.6) is 5.75 Å². The van der Waals surface area contributed by atoms with E-state index in [9.17, 15) is 13.2 Å². The van der Waals surface area contributed by atoms with Crippen LogP contribution in [0.1, 0.15) is 68.9 Å². The molecule has 0 radical (unpaired) electrons. The summed E-state index contributed by atoms with van der Waals surface area (Å²) in [5.41, 5.74) is 0.584. The van der Waals surface area contributed by atoms with Gasteiger partial charge in [-0.05, 0) is 61.3 Å². The second-order valence-electron chi connectivity index (χ2n) is 7.53. The van der Waals surface area contributed by atoms with Crippen LogP contribution in [0.25, 0.3) is 0 Å². The summed E-state index contributed by atoms with van der Waals surface area (Å²) < 4.78 is 47.3. The minimum atomic E-state index is -0.660. The van der Waals surface area contributed by atoms with Gasteiger partial charge in [0, 0.05) is 6.07 Å². The molecule has 1 aliphatic rings. The van der Waals surface area contributed by atoms with Crippen LogP contribution in [0, 0.1) is 23.4 Å². The largest absolute Gasteiger partial charge is 0.489 e. The fourth-order valence-electron chi connectivity index (χ4n) is 4.01. The van der Waals surface area contributed by atoms with Crippen LogP contribution in [0.4, 0.5) is 13.2 Å². The first kappa shape index (κ1) is 19.8. The number of benzene rings is 2. The lowest BCUT2D eigenvalue weighted by atomic mass is 9.77. The van der Waals surface area contributed by atoms with Crippen molar-refractivity contribution < 1.29 is 17.9 Å². The molecule has 0 aliphatic heterocycles. The van der Waals surface area contributed by atoms with Crippen LogP contribution in [0.2, 0.25) is 0 Å². The van der Waals surface area contributed by atoms with Crippen molar-refractivity contribution in [2.75, 3.05) is 0 Å². The standard InChI is InChI=1S/C23H27F3O/c1-2-3-5-16-8-10-17(11-9-16)19-13-12-18(14-23(19)26)27-15-20-21(24)6-4-7-22(20)25/h4,6-7,12-14,16-17H,2-3,5,8-11,15H2,1H3. The monoisotopic (exact) mass is 376 g/mol. The fraction of sp³-hybridized carbons (Fsp3) is 0.478. The minimum Gasteiger partial charge on any atom is -0.489 e. The molecular weight excluding hydrogens is 349 g/mol. The summed E-state index contributed by atoms with van der Waals surface area (Å²) >= 11 is 0. The number of rotatable bonds is 7. The zero-order valence-corrected chi connectivity index (χ0v) is 15.8. The second-order valence-corrected chi connectivity index (χ2v) is 7.53. The van der Waals surface area contributed by atoms with Crippen molar-refractivity contribution >= 4 is 0 Å². The maximum Gasteiger partial charge on any atom is 0.132 e. The van der Waals surface area contributed by atoms with E-state index in [1.807, 2.05) is 0 Å². The first-order valence-corrected chi connectivity index (χ1v) is 9.93. The predicted molar refractivity (Wildman–Crippen MR) is 101 cm³/mol. The molecule has 0 atom stereocenters. The van der Waals surface area contributed by atoms with E-state index >= 15 is 0 Å². The highest BCUT2D eigenvalue weighted by molar-refractivity contribution is 5.32. The maximum absolute atomic E-state index is 14.6. The summed E-state index contributed by atoms with van der Waals surface area (Å²) in [6.45, 7) is 1.95. The van der Waals surface area contributed by atoms with Crippen LogP contribution >= 0.6 is 0 Å². The van der Waals surface area contributed by atoms with Crippen LogP contribution in [0.3, 0.4) is 0 Å². The van der Waals surface area contributed by atoms with Gasteiger partial charge in [0.25, 0.3) is 0 Å². The Labute approximate surface area is 159 Å². The molecule has 0 N–H and O–H groups in total. The van der Waals surface area contributed by atoms with Gasteiger partial charge in [-0.3, -0.25) is 0 Å². The highest BCUT2D eigenvalue weighted by Gasteiger charge is 2.24. The van der Waals surface area contributed by atoms with Gasteiger partial charge in [-0.2, -0.15) is 0 Å². The van der Waals surface area contributed by atoms with Gasteiger partial charge in [0.2, 0.25) is 0 Å². The molecule has 4 heteroatoms. The lowest BCUT2D eigenvalue weighted by Gasteiger charge is -2.29. The molecule has 3 rings (SSSR count). The van der Waals surface area contributed by atoms with E-state index in [2.05, 4.69) is 6.92 Å². The van der Waals surface area contributed by atoms with Crippen molar-refractivity contribution in [2.45, 2.75) is 64.4 Å². The number of unbranched alkanes of at least 4 members (excludes halogenated alkanes) is 1. The number of hydrogen-bond acceptors (Lipinski definition) is 1. The molecule has 1 aliphatic carbocycles. The summed E-state index contributed by atoms with van der Waals surface area (Å²) in [7, 11) is 0. The summed E-state index contributed by atoms with van der Waals surface area (Å²) in [6, 6.07) is 8.46. The Morgan fingerprint density at radius 2 is 1.63 bits per heavy atom. The van der Waals surface area contributed by atoms with E-state index in [0.717, 1.165) is 37.2 Å². The van der Waals surface area contributed by atoms with Gasteiger partial charge >= 0.3 is 0 Å². The molecule has 0 saturated heterocycles. The second kappa shape index (κ2) is 9.29. The minimum absolute atomic E-state index is 0.146. The normalized spacial score (nSPS) is 19.9. The van der Waals surface area contributed by atoms with Crippen molar-refractivity contribution in [1.29, 1.82) is 0 Å².